The number of rotatable bonds is 9. The summed E-state index contributed by atoms with van der Waals surface area (Å²) in [4.78, 5) is -6.19. The van der Waals surface area contributed by atoms with Crippen LogP contribution in [0.3, 0.4) is 0 Å². The molecule has 4 unspecified atom stereocenters. The number of sulfone groups is 2. The molecule has 4 rings (SSSR count). The maximum absolute atomic E-state index is 13.4. The lowest BCUT2D eigenvalue weighted by molar-refractivity contribution is 0.530. The van der Waals surface area contributed by atoms with Crippen LogP contribution in [0.1, 0.15) is 0 Å². The van der Waals surface area contributed by atoms with Gasteiger partial charge in [-0.05, 0) is 116 Å². The van der Waals surface area contributed by atoms with Gasteiger partial charge in [-0.15, -0.1) is 0 Å². The van der Waals surface area contributed by atoms with Crippen LogP contribution in [0.5, 0.6) is 0 Å². The predicted octanol–water partition coefficient (Wildman–Crippen LogP) is 3.28. The number of benzene rings is 4. The van der Waals surface area contributed by atoms with Gasteiger partial charge in [-0.1, -0.05) is 35.3 Å². The molecule has 20 heteroatoms. The van der Waals surface area contributed by atoms with Crippen LogP contribution in [0.2, 0.25) is 10.0 Å². The predicted molar refractivity (Wildman–Crippen MR) is 154 cm³/mol. The third-order valence-corrected chi connectivity index (χ3v) is 13.4. The highest BCUT2D eigenvalue weighted by Crippen LogP contribution is 2.36. The maximum atomic E-state index is 13.4. The molecule has 0 fully saturated rings. The van der Waals surface area contributed by atoms with Crippen molar-refractivity contribution in [1.29, 1.82) is 0 Å². The molecule has 12 nitrogen and oxygen atoms in total. The standard InChI is InChI=1S/C24H16Cl2O12S6/c25-15-3-7-23(19(11-15)41(31)32)43(35,36)21-5-1-13(9-17(21)39(27)28)14-2-6-22(18(10-14)40(29)30)44(37,38)24-8-4-16(26)12-20(24)42(33)34/h1-12H,(H,27,28)(H,29,30)(H,31,32)(H,33,34)/p-4. The number of hydrogen-bond acceptors (Lipinski definition) is 12. The lowest BCUT2D eigenvalue weighted by atomic mass is 10.1. The molecule has 0 saturated carbocycles. The first-order valence-corrected chi connectivity index (χ1v) is 19.2. The highest BCUT2D eigenvalue weighted by molar-refractivity contribution is 7.93. The molecule has 4 atom stereocenters. The molecule has 44 heavy (non-hydrogen) atoms. The third kappa shape index (κ3) is 6.81. The van der Waals surface area contributed by atoms with E-state index in [-0.39, 0.29) is 21.2 Å². The van der Waals surface area contributed by atoms with E-state index in [9.17, 15) is 51.9 Å². The molecule has 4 aromatic carbocycles. The smallest absolute Gasteiger partial charge is 0.208 e. The Bertz CT molecular complexity index is 2000. The van der Waals surface area contributed by atoms with Crippen LogP contribution < -0.4 is 0 Å². The Morgan fingerprint density at radius 2 is 0.682 bits per heavy atom. The zero-order valence-corrected chi connectivity index (χ0v) is 27.4. The molecular weight excluding hydrogens is 744 g/mol. The van der Waals surface area contributed by atoms with Crippen molar-refractivity contribution in [3.63, 3.8) is 0 Å². The monoisotopic (exact) mass is 754 g/mol. The molecule has 0 spiro atoms. The van der Waals surface area contributed by atoms with Crippen LogP contribution in [-0.2, 0) is 64.0 Å². The second-order valence-corrected chi connectivity index (χ2v) is 16.7. The van der Waals surface area contributed by atoms with E-state index in [0.717, 1.165) is 72.8 Å². The van der Waals surface area contributed by atoms with Gasteiger partial charge in [0, 0.05) is 29.6 Å². The molecule has 0 aromatic heterocycles. The Morgan fingerprint density at radius 3 is 0.955 bits per heavy atom. The van der Waals surface area contributed by atoms with Crippen molar-refractivity contribution in [2.75, 3.05) is 0 Å². The Labute approximate surface area is 270 Å². The molecule has 0 heterocycles. The molecule has 234 valence electrons. The number of halogens is 2. The van der Waals surface area contributed by atoms with E-state index in [2.05, 4.69) is 0 Å². The molecule has 0 aliphatic carbocycles. The summed E-state index contributed by atoms with van der Waals surface area (Å²) in [5, 5.41) is -0.201. The van der Waals surface area contributed by atoms with Crippen LogP contribution in [-0.4, -0.2) is 51.9 Å². The minimum Gasteiger partial charge on any atom is -0.768 e. The minimum atomic E-state index is -4.78. The molecule has 0 amide bonds. The largest absolute Gasteiger partial charge is 0.768 e. The van der Waals surface area contributed by atoms with E-state index < -0.39 is 103 Å². The van der Waals surface area contributed by atoms with Crippen molar-refractivity contribution in [2.24, 2.45) is 0 Å². The Morgan fingerprint density at radius 1 is 0.432 bits per heavy atom. The van der Waals surface area contributed by atoms with E-state index >= 15 is 0 Å². The van der Waals surface area contributed by atoms with E-state index in [1.54, 1.807) is 0 Å². The lowest BCUT2D eigenvalue weighted by Crippen LogP contribution is -2.11. The summed E-state index contributed by atoms with van der Waals surface area (Å²) in [7, 11) is -9.56. The van der Waals surface area contributed by atoms with E-state index in [4.69, 9.17) is 23.2 Å². The highest BCUT2D eigenvalue weighted by Gasteiger charge is 2.28. The van der Waals surface area contributed by atoms with Gasteiger partial charge < -0.3 is 18.2 Å². The normalized spacial score (nSPS) is 15.0. The van der Waals surface area contributed by atoms with Crippen LogP contribution >= 0.6 is 23.2 Å². The first kappa shape index (κ1) is 34.7. The van der Waals surface area contributed by atoms with E-state index in [1.807, 2.05) is 0 Å². The second kappa shape index (κ2) is 13.3. The molecule has 0 saturated heterocycles. The molecule has 0 bridgehead atoms. The van der Waals surface area contributed by atoms with Gasteiger partial charge in [-0.3, -0.25) is 16.8 Å². The quantitative estimate of drug-likeness (QED) is 0.224. The van der Waals surface area contributed by atoms with Gasteiger partial charge in [-0.25, -0.2) is 16.8 Å². The summed E-state index contributed by atoms with van der Waals surface area (Å²) in [6.45, 7) is 0. The molecule has 0 radical (unpaired) electrons. The summed E-state index contributed by atoms with van der Waals surface area (Å²) < 4.78 is 149. The van der Waals surface area contributed by atoms with Crippen LogP contribution in [0.25, 0.3) is 11.1 Å². The van der Waals surface area contributed by atoms with Gasteiger partial charge in [0.15, 0.2) is 0 Å². The van der Waals surface area contributed by atoms with Gasteiger partial charge in [0.2, 0.25) is 19.7 Å². The SMILES string of the molecule is O=S([O-])c1cc(Cl)ccc1S(=O)(=O)c1ccc(-c2ccc(S(=O)(=O)c3ccc(Cl)cc3S(=O)[O-])c(S(=O)[O-])c2)cc1S(=O)[O-]. The van der Waals surface area contributed by atoms with Crippen LogP contribution in [0.4, 0.5) is 0 Å². The van der Waals surface area contributed by atoms with Crippen molar-refractivity contribution < 1.29 is 51.9 Å². The number of hydrogen-bond donors (Lipinski definition) is 0. The first-order valence-electron chi connectivity index (χ1n) is 11.2. The second-order valence-electron chi connectivity index (χ2n) is 8.45. The summed E-state index contributed by atoms with van der Waals surface area (Å²) in [6.07, 6.45) is 0. The topological polar surface area (TPSA) is 229 Å². The van der Waals surface area contributed by atoms with E-state index in [0.29, 0.717) is 0 Å². The van der Waals surface area contributed by atoms with Crippen LogP contribution in [0.15, 0.2) is 112 Å². The maximum Gasteiger partial charge on any atom is 0.208 e. The molecule has 4 aromatic rings. The Kier molecular flexibility index (Phi) is 10.5. The highest BCUT2D eigenvalue weighted by atomic mass is 35.5. The third-order valence-electron chi connectivity index (χ3n) is 5.91. The fourth-order valence-electron chi connectivity index (χ4n) is 3.99. The molecular formula is C24H12Cl2O12S6-4. The van der Waals surface area contributed by atoms with E-state index in [1.165, 1.54) is 0 Å². The van der Waals surface area contributed by atoms with Gasteiger partial charge in [0.05, 0.1) is 19.6 Å². The average Bonchev–Trinajstić information content (AvgIpc) is 2.95. The van der Waals surface area contributed by atoms with Crippen LogP contribution in [0, 0.1) is 0 Å². The van der Waals surface area contributed by atoms with Crippen molar-refractivity contribution in [3.05, 3.63) is 82.8 Å². The fraction of sp³-hybridized carbons (Fsp3) is 0. The zero-order valence-electron chi connectivity index (χ0n) is 21.0. The first-order chi connectivity index (χ1) is 20.5. The summed E-state index contributed by atoms with van der Waals surface area (Å²) >= 11 is -1.04. The summed E-state index contributed by atoms with van der Waals surface area (Å²) in [5.41, 5.74) is -0.147. The molecule has 0 aliphatic rings. The summed E-state index contributed by atoms with van der Waals surface area (Å²) in [6, 6.07) is 11.3. The van der Waals surface area contributed by atoms with Gasteiger partial charge in [-0.2, -0.15) is 0 Å². The Balaban J connectivity index is 1.89. The zero-order chi connectivity index (χ0) is 32.7. The average molecular weight is 756 g/mol. The minimum absolute atomic E-state index is 0.0737. The molecule has 0 aliphatic heterocycles. The van der Waals surface area contributed by atoms with Gasteiger partial charge in [0.1, 0.15) is 0 Å². The molecule has 0 N–H and O–H groups in total. The summed E-state index contributed by atoms with van der Waals surface area (Å²) in [5.74, 6) is 0. The van der Waals surface area contributed by atoms with Crippen molar-refractivity contribution in [1.82, 2.24) is 0 Å². The fourth-order valence-corrected chi connectivity index (χ4v) is 11.2. The van der Waals surface area contributed by atoms with Gasteiger partial charge >= 0.3 is 0 Å². The van der Waals surface area contributed by atoms with Gasteiger partial charge in [0.25, 0.3) is 0 Å². The Hall–Kier alpha value is -2.20. The van der Waals surface area contributed by atoms with Crippen molar-refractivity contribution in [3.8, 4) is 11.1 Å². The van der Waals surface area contributed by atoms with Crippen molar-refractivity contribution >= 4 is 87.2 Å². The van der Waals surface area contributed by atoms with Crippen molar-refractivity contribution in [2.45, 2.75) is 39.2 Å². The lowest BCUT2D eigenvalue weighted by Gasteiger charge is -2.19.